The van der Waals surface area contributed by atoms with Crippen LogP contribution in [0.4, 0.5) is 11.4 Å². The number of para-hydroxylation sites is 2. The fourth-order valence-electron chi connectivity index (χ4n) is 5.91. The molecule has 0 aliphatic rings. The van der Waals surface area contributed by atoms with Gasteiger partial charge >= 0.3 is 11.9 Å². The average molecular weight is 643 g/mol. The third kappa shape index (κ3) is 8.08. The zero-order valence-corrected chi connectivity index (χ0v) is 27.0. The normalized spacial score (nSPS) is 12.6. The third-order valence-electron chi connectivity index (χ3n) is 8.16. The van der Waals surface area contributed by atoms with Gasteiger partial charge in [-0.3, -0.25) is 9.97 Å². The van der Waals surface area contributed by atoms with Crippen LogP contribution in [0.5, 0.6) is 0 Å². The molecule has 4 aromatic heterocycles. The fourth-order valence-corrected chi connectivity index (χ4v) is 5.91. The lowest BCUT2D eigenvalue weighted by atomic mass is 10.1. The number of nitrogens with one attached hydrogen (secondary N) is 2. The van der Waals surface area contributed by atoms with Crippen LogP contribution >= 0.6 is 0 Å². The zero-order chi connectivity index (χ0) is 33.3. The van der Waals surface area contributed by atoms with E-state index in [0.29, 0.717) is 37.1 Å². The topological polar surface area (TPSA) is 112 Å². The second-order valence-corrected chi connectivity index (χ2v) is 11.6. The molecule has 48 heavy (non-hydrogen) atoms. The quantitative estimate of drug-likeness (QED) is 0.0783. The van der Waals surface area contributed by atoms with E-state index in [1.54, 1.807) is 36.9 Å². The molecule has 0 bridgehead atoms. The van der Waals surface area contributed by atoms with Crippen molar-refractivity contribution >= 4 is 45.1 Å². The first-order chi connectivity index (χ1) is 23.4. The Balaban J connectivity index is 1.10. The van der Waals surface area contributed by atoms with Crippen molar-refractivity contribution in [3.8, 4) is 0 Å². The summed E-state index contributed by atoms with van der Waals surface area (Å²) in [6, 6.07) is 23.7. The number of aromatic nitrogens is 4. The molecule has 10 heteroatoms. The van der Waals surface area contributed by atoms with Crippen LogP contribution in [-0.4, -0.2) is 43.5 Å². The van der Waals surface area contributed by atoms with Crippen LogP contribution in [0, 0.1) is 0 Å². The van der Waals surface area contributed by atoms with Crippen molar-refractivity contribution in [2.24, 2.45) is 14.1 Å². The number of aryl methyl sites for hydroxylation is 4. The summed E-state index contributed by atoms with van der Waals surface area (Å²) in [5, 5.41) is 8.81. The van der Waals surface area contributed by atoms with Crippen molar-refractivity contribution in [2.75, 3.05) is 10.6 Å². The summed E-state index contributed by atoms with van der Waals surface area (Å²) in [5.74, 6) is -1.34. The van der Waals surface area contributed by atoms with Crippen LogP contribution in [0.1, 0.15) is 24.0 Å². The Morgan fingerprint density at radius 3 is 1.52 bits per heavy atom. The maximum atomic E-state index is 13.0. The highest BCUT2D eigenvalue weighted by Gasteiger charge is 2.18. The number of carbonyl (C=O) groups is 2. The van der Waals surface area contributed by atoms with E-state index in [9.17, 15) is 9.59 Å². The van der Waals surface area contributed by atoms with Crippen molar-refractivity contribution in [3.63, 3.8) is 0 Å². The standard InChI is InChI=1S/C38H38N6O4/c1-43-25-27(31-11-3-5-13-33(31)43)15-17-35(41-29-9-7-21-39-23-29)47-37(45)19-20-38(46)48-36(42-30-10-8-22-40-24-30)18-16-28-26-44(2)34-14-6-4-12-32(28)34/h3-14,19-26,35-36,41-42H,15-18H2,1-2H3/b20-19-. The second-order valence-electron chi connectivity index (χ2n) is 11.6. The van der Waals surface area contributed by atoms with Crippen molar-refractivity contribution in [2.45, 2.75) is 38.1 Å². The fraction of sp³-hybridized carbons (Fsp3) is 0.211. The molecule has 0 saturated heterocycles. The number of fused-ring (bicyclic) bond motifs is 2. The Labute approximate surface area is 279 Å². The highest BCUT2D eigenvalue weighted by atomic mass is 16.6. The van der Waals surface area contributed by atoms with Gasteiger partial charge in [-0.25, -0.2) is 9.59 Å². The molecule has 0 radical (unpaired) electrons. The van der Waals surface area contributed by atoms with Gasteiger partial charge in [-0.05, 0) is 60.4 Å². The summed E-state index contributed by atoms with van der Waals surface area (Å²) in [7, 11) is 4.03. The summed E-state index contributed by atoms with van der Waals surface area (Å²) in [6.45, 7) is 0. The maximum absolute atomic E-state index is 13.0. The number of esters is 2. The minimum Gasteiger partial charge on any atom is -0.439 e. The molecule has 2 atom stereocenters. The van der Waals surface area contributed by atoms with Crippen LogP contribution in [0.3, 0.4) is 0 Å². The predicted octanol–water partition coefficient (Wildman–Crippen LogP) is 6.54. The first-order valence-electron chi connectivity index (χ1n) is 15.9. The number of hydrogen-bond acceptors (Lipinski definition) is 8. The lowest BCUT2D eigenvalue weighted by Crippen LogP contribution is -2.27. The number of anilines is 2. The van der Waals surface area contributed by atoms with Crippen LogP contribution in [0.2, 0.25) is 0 Å². The van der Waals surface area contributed by atoms with Crippen LogP contribution < -0.4 is 10.6 Å². The van der Waals surface area contributed by atoms with E-state index in [1.165, 1.54) is 0 Å². The number of benzene rings is 2. The molecular formula is C38H38N6O4. The lowest BCUT2D eigenvalue weighted by Gasteiger charge is -2.20. The molecule has 2 aromatic carbocycles. The highest BCUT2D eigenvalue weighted by Crippen LogP contribution is 2.24. The van der Waals surface area contributed by atoms with E-state index in [1.807, 2.05) is 50.5 Å². The number of rotatable bonds is 14. The van der Waals surface area contributed by atoms with Gasteiger partial charge in [-0.15, -0.1) is 0 Å². The smallest absolute Gasteiger partial charge is 0.332 e. The number of pyridine rings is 2. The molecule has 0 aliphatic carbocycles. The first-order valence-corrected chi connectivity index (χ1v) is 15.9. The number of hydrogen-bond donors (Lipinski definition) is 2. The molecule has 0 amide bonds. The molecule has 2 unspecified atom stereocenters. The van der Waals surface area contributed by atoms with E-state index >= 15 is 0 Å². The summed E-state index contributed by atoms with van der Waals surface area (Å²) in [5.41, 5.74) is 6.00. The Morgan fingerprint density at radius 2 is 1.10 bits per heavy atom. The Morgan fingerprint density at radius 1 is 0.667 bits per heavy atom. The van der Waals surface area contributed by atoms with Gasteiger partial charge in [0.05, 0.1) is 23.8 Å². The second kappa shape index (κ2) is 15.1. The minimum absolute atomic E-state index is 0.498. The van der Waals surface area contributed by atoms with E-state index in [-0.39, 0.29) is 0 Å². The zero-order valence-electron chi connectivity index (χ0n) is 27.0. The minimum atomic E-state index is -0.668. The van der Waals surface area contributed by atoms with Gasteiger partial charge in [0.2, 0.25) is 0 Å². The average Bonchev–Trinajstić information content (AvgIpc) is 3.61. The van der Waals surface area contributed by atoms with E-state index < -0.39 is 24.4 Å². The molecule has 6 rings (SSSR count). The maximum Gasteiger partial charge on any atom is 0.332 e. The summed E-state index contributed by atoms with van der Waals surface area (Å²) >= 11 is 0. The highest BCUT2D eigenvalue weighted by molar-refractivity contribution is 5.92. The van der Waals surface area contributed by atoms with Gasteiger partial charge in [0.15, 0.2) is 12.5 Å². The molecule has 4 heterocycles. The van der Waals surface area contributed by atoms with E-state index in [0.717, 1.165) is 45.1 Å². The van der Waals surface area contributed by atoms with Crippen molar-refractivity contribution in [1.29, 1.82) is 0 Å². The monoisotopic (exact) mass is 642 g/mol. The van der Waals surface area contributed by atoms with Crippen molar-refractivity contribution in [1.82, 2.24) is 19.1 Å². The number of ether oxygens (including phenoxy) is 2. The summed E-state index contributed by atoms with van der Waals surface area (Å²) < 4.78 is 15.8. The third-order valence-corrected chi connectivity index (χ3v) is 8.16. The molecular weight excluding hydrogens is 604 g/mol. The summed E-state index contributed by atoms with van der Waals surface area (Å²) in [4.78, 5) is 34.3. The SMILES string of the molecule is Cn1cc(CCC(Nc2cccnc2)OC(=O)/C=C\C(=O)OC(CCc2cn(C)c3ccccc23)Nc2cccnc2)c2ccccc21. The molecule has 10 nitrogen and oxygen atoms in total. The van der Waals surface area contributed by atoms with E-state index in [2.05, 4.69) is 66.4 Å². The van der Waals surface area contributed by atoms with Crippen molar-refractivity contribution < 1.29 is 19.1 Å². The molecule has 0 aliphatic heterocycles. The number of carbonyl (C=O) groups excluding carboxylic acids is 2. The van der Waals surface area contributed by atoms with Gasteiger partial charge in [0.1, 0.15) is 0 Å². The van der Waals surface area contributed by atoms with Gasteiger partial charge in [-0.2, -0.15) is 0 Å². The largest absolute Gasteiger partial charge is 0.439 e. The van der Waals surface area contributed by atoms with Gasteiger partial charge < -0.3 is 29.2 Å². The van der Waals surface area contributed by atoms with Gasteiger partial charge in [-0.1, -0.05) is 36.4 Å². The molecule has 244 valence electrons. The first kappa shape index (κ1) is 32.1. The Bertz CT molecular complexity index is 1870. The molecule has 0 fully saturated rings. The van der Waals surface area contributed by atoms with Crippen LogP contribution in [0.25, 0.3) is 21.8 Å². The van der Waals surface area contributed by atoms with E-state index in [4.69, 9.17) is 9.47 Å². The summed E-state index contributed by atoms with van der Waals surface area (Å²) in [6.07, 6.45) is 14.1. The van der Waals surface area contributed by atoms with Gasteiger partial charge in [0, 0.05) is 85.7 Å². The Kier molecular flexibility index (Phi) is 10.1. The predicted molar refractivity (Wildman–Crippen MR) is 187 cm³/mol. The van der Waals surface area contributed by atoms with Crippen LogP contribution in [0.15, 0.2) is 122 Å². The molecule has 0 spiro atoms. The molecule has 6 aromatic rings. The van der Waals surface area contributed by atoms with Crippen molar-refractivity contribution in [3.05, 3.63) is 133 Å². The Hall–Kier alpha value is -5.90. The lowest BCUT2D eigenvalue weighted by molar-refractivity contribution is -0.144. The van der Waals surface area contributed by atoms with Crippen LogP contribution in [-0.2, 0) is 46.0 Å². The number of nitrogens with zero attached hydrogens (tertiary/aromatic N) is 4. The molecule has 0 saturated carbocycles. The molecule has 2 N–H and O–H groups in total. The van der Waals surface area contributed by atoms with Gasteiger partial charge in [0.25, 0.3) is 0 Å².